The van der Waals surface area contributed by atoms with E-state index in [2.05, 4.69) is 10.9 Å². The molecule has 8 heteroatoms. The van der Waals surface area contributed by atoms with Gasteiger partial charge in [-0.05, 0) is 55.2 Å². The van der Waals surface area contributed by atoms with Crippen LogP contribution in [0.3, 0.4) is 0 Å². The molecule has 2 bridgehead atoms. The number of rotatable bonds is 5. The highest BCUT2D eigenvalue weighted by atomic mass is 32.2. The third kappa shape index (κ3) is 3.91. The van der Waals surface area contributed by atoms with Crippen molar-refractivity contribution in [3.8, 4) is 0 Å². The summed E-state index contributed by atoms with van der Waals surface area (Å²) in [6, 6.07) is 5.74. The van der Waals surface area contributed by atoms with Crippen molar-refractivity contribution in [1.82, 2.24) is 15.2 Å². The third-order valence-electron chi connectivity index (χ3n) is 5.52. The maximum absolute atomic E-state index is 12.2. The van der Waals surface area contributed by atoms with E-state index in [4.69, 9.17) is 0 Å². The molecule has 2 aliphatic rings. The SMILES string of the molecule is CN(C)S(=O)(=O)c1cccc(C(=O)NNC(=O)C[C@H]2C[C@H]3CC[C@@H]2C3)c1. The van der Waals surface area contributed by atoms with Crippen LogP contribution in [0.4, 0.5) is 0 Å². The Morgan fingerprint density at radius 3 is 2.54 bits per heavy atom. The van der Waals surface area contributed by atoms with E-state index in [1.807, 2.05) is 0 Å². The summed E-state index contributed by atoms with van der Waals surface area (Å²) in [7, 11) is -0.762. The van der Waals surface area contributed by atoms with E-state index in [0.717, 1.165) is 16.6 Å². The van der Waals surface area contributed by atoms with E-state index >= 15 is 0 Å². The molecule has 142 valence electrons. The third-order valence-corrected chi connectivity index (χ3v) is 7.33. The monoisotopic (exact) mass is 379 g/mol. The number of carbonyl (C=O) groups excluding carboxylic acids is 2. The van der Waals surface area contributed by atoms with Crippen LogP contribution in [0.5, 0.6) is 0 Å². The topological polar surface area (TPSA) is 95.6 Å². The van der Waals surface area contributed by atoms with Gasteiger partial charge < -0.3 is 0 Å². The van der Waals surface area contributed by atoms with Gasteiger partial charge in [0.2, 0.25) is 15.9 Å². The van der Waals surface area contributed by atoms with Gasteiger partial charge in [0.05, 0.1) is 4.90 Å². The first kappa shape index (κ1) is 18.8. The smallest absolute Gasteiger partial charge is 0.269 e. The van der Waals surface area contributed by atoms with Gasteiger partial charge in [-0.2, -0.15) is 0 Å². The van der Waals surface area contributed by atoms with Gasteiger partial charge in [0, 0.05) is 26.1 Å². The number of amides is 2. The first-order valence-electron chi connectivity index (χ1n) is 8.89. The molecule has 0 aliphatic heterocycles. The predicted molar refractivity (Wildman–Crippen MR) is 96.5 cm³/mol. The van der Waals surface area contributed by atoms with Crippen LogP contribution >= 0.6 is 0 Å². The molecule has 2 aliphatic carbocycles. The molecular formula is C18H25N3O4S. The van der Waals surface area contributed by atoms with Crippen molar-refractivity contribution < 1.29 is 18.0 Å². The van der Waals surface area contributed by atoms with E-state index in [-0.39, 0.29) is 16.4 Å². The van der Waals surface area contributed by atoms with Crippen molar-refractivity contribution in [1.29, 1.82) is 0 Å². The molecule has 2 N–H and O–H groups in total. The van der Waals surface area contributed by atoms with Crippen LogP contribution in [-0.4, -0.2) is 38.6 Å². The van der Waals surface area contributed by atoms with Gasteiger partial charge in [0.25, 0.3) is 5.91 Å². The van der Waals surface area contributed by atoms with E-state index < -0.39 is 15.9 Å². The maximum Gasteiger partial charge on any atom is 0.269 e. The lowest BCUT2D eigenvalue weighted by atomic mass is 9.86. The molecule has 0 radical (unpaired) electrons. The summed E-state index contributed by atoms with van der Waals surface area (Å²) in [5, 5.41) is 0. The highest BCUT2D eigenvalue weighted by molar-refractivity contribution is 7.89. The molecule has 26 heavy (non-hydrogen) atoms. The molecule has 2 saturated carbocycles. The van der Waals surface area contributed by atoms with Crippen LogP contribution in [0.1, 0.15) is 42.5 Å². The summed E-state index contributed by atoms with van der Waals surface area (Å²) in [6.07, 6.45) is 5.26. The van der Waals surface area contributed by atoms with Crippen LogP contribution in [0.15, 0.2) is 29.2 Å². The summed E-state index contributed by atoms with van der Waals surface area (Å²) in [5.74, 6) is 1.09. The fraction of sp³-hybridized carbons (Fsp3) is 0.556. The minimum absolute atomic E-state index is 0.0310. The Hall–Kier alpha value is -1.93. The molecule has 0 unspecified atom stereocenters. The van der Waals surface area contributed by atoms with Gasteiger partial charge in [-0.25, -0.2) is 12.7 Å². The van der Waals surface area contributed by atoms with E-state index in [9.17, 15) is 18.0 Å². The Kier molecular flexibility index (Phi) is 5.34. The molecule has 1 aromatic rings. The van der Waals surface area contributed by atoms with Gasteiger partial charge in [0.15, 0.2) is 0 Å². The number of carbonyl (C=O) groups is 2. The fourth-order valence-corrected chi connectivity index (χ4v) is 5.07. The van der Waals surface area contributed by atoms with E-state index in [0.29, 0.717) is 18.3 Å². The quantitative estimate of drug-likeness (QED) is 0.759. The van der Waals surface area contributed by atoms with Crippen LogP contribution in [0.2, 0.25) is 0 Å². The molecule has 0 aromatic heterocycles. The summed E-state index contributed by atoms with van der Waals surface area (Å²) >= 11 is 0. The Bertz CT molecular complexity index is 806. The zero-order valence-electron chi connectivity index (χ0n) is 15.1. The predicted octanol–water partition coefficient (Wildman–Crippen LogP) is 1.52. The summed E-state index contributed by atoms with van der Waals surface area (Å²) in [5.41, 5.74) is 5.00. The van der Waals surface area contributed by atoms with Crippen molar-refractivity contribution in [2.24, 2.45) is 17.8 Å². The van der Waals surface area contributed by atoms with Gasteiger partial charge in [-0.15, -0.1) is 0 Å². The second-order valence-electron chi connectivity index (χ2n) is 7.46. The normalized spacial score (nSPS) is 24.7. The average Bonchev–Trinajstić information content (AvgIpc) is 3.22. The van der Waals surface area contributed by atoms with Gasteiger partial charge in [0.1, 0.15) is 0 Å². The lowest BCUT2D eigenvalue weighted by molar-refractivity contribution is -0.123. The van der Waals surface area contributed by atoms with Crippen LogP contribution < -0.4 is 10.9 Å². The lowest BCUT2D eigenvalue weighted by Crippen LogP contribution is -2.42. The van der Waals surface area contributed by atoms with Crippen molar-refractivity contribution in [3.63, 3.8) is 0 Å². The van der Waals surface area contributed by atoms with Crippen molar-refractivity contribution >= 4 is 21.8 Å². The Balaban J connectivity index is 1.56. The number of hydrogen-bond acceptors (Lipinski definition) is 4. The van der Waals surface area contributed by atoms with E-state index in [1.54, 1.807) is 0 Å². The first-order valence-corrected chi connectivity index (χ1v) is 10.3. The average molecular weight is 379 g/mol. The number of nitrogens with one attached hydrogen (secondary N) is 2. The Labute approximate surface area is 154 Å². The summed E-state index contributed by atoms with van der Waals surface area (Å²) in [4.78, 5) is 24.4. The second kappa shape index (κ2) is 7.36. The molecular weight excluding hydrogens is 354 g/mol. The first-order chi connectivity index (χ1) is 12.3. The number of hydrogen-bond donors (Lipinski definition) is 2. The van der Waals surface area contributed by atoms with Gasteiger partial charge >= 0.3 is 0 Å². The van der Waals surface area contributed by atoms with E-state index in [1.165, 1.54) is 57.6 Å². The number of hydrazine groups is 1. The zero-order chi connectivity index (χ0) is 18.9. The van der Waals surface area contributed by atoms with Crippen LogP contribution in [-0.2, 0) is 14.8 Å². The maximum atomic E-state index is 12.2. The lowest BCUT2D eigenvalue weighted by Gasteiger charge is -2.20. The minimum Gasteiger partial charge on any atom is -0.273 e. The Morgan fingerprint density at radius 1 is 1.15 bits per heavy atom. The fourth-order valence-electron chi connectivity index (χ4n) is 4.12. The zero-order valence-corrected chi connectivity index (χ0v) is 15.9. The molecule has 1 aromatic carbocycles. The van der Waals surface area contributed by atoms with Crippen molar-refractivity contribution in [3.05, 3.63) is 29.8 Å². The molecule has 3 rings (SSSR count). The number of benzene rings is 1. The molecule has 0 heterocycles. The molecule has 2 amide bonds. The highest BCUT2D eigenvalue weighted by Gasteiger charge is 2.40. The van der Waals surface area contributed by atoms with Crippen LogP contribution in [0, 0.1) is 17.8 Å². The molecule has 0 saturated heterocycles. The second-order valence-corrected chi connectivity index (χ2v) is 9.61. The highest BCUT2D eigenvalue weighted by Crippen LogP contribution is 2.49. The minimum atomic E-state index is -3.62. The number of sulfonamides is 1. The van der Waals surface area contributed by atoms with Crippen LogP contribution in [0.25, 0.3) is 0 Å². The molecule has 3 atom stereocenters. The largest absolute Gasteiger partial charge is 0.273 e. The molecule has 2 fully saturated rings. The summed E-state index contributed by atoms with van der Waals surface area (Å²) < 4.78 is 25.4. The van der Waals surface area contributed by atoms with Gasteiger partial charge in [-0.3, -0.25) is 20.4 Å². The van der Waals surface area contributed by atoms with Gasteiger partial charge in [-0.1, -0.05) is 12.5 Å². The number of nitrogens with zero attached hydrogens (tertiary/aromatic N) is 1. The summed E-state index contributed by atoms with van der Waals surface area (Å²) in [6.45, 7) is 0. The standard InChI is InChI=1S/C18H25N3O4S/c1-21(2)26(24,25)16-5-3-4-14(10-16)18(23)20-19-17(22)11-15-9-12-6-7-13(15)8-12/h3-5,10,12-13,15H,6-9,11H2,1-2H3,(H,19,22)(H,20,23)/t12-,13+,15+/m0/s1. The Morgan fingerprint density at radius 2 is 1.92 bits per heavy atom. The van der Waals surface area contributed by atoms with Crippen molar-refractivity contribution in [2.45, 2.75) is 37.0 Å². The molecule has 7 nitrogen and oxygen atoms in total. The number of fused-ring (bicyclic) bond motifs is 2. The molecule has 0 spiro atoms. The van der Waals surface area contributed by atoms with Crippen molar-refractivity contribution in [2.75, 3.05) is 14.1 Å².